The summed E-state index contributed by atoms with van der Waals surface area (Å²) in [5, 5.41) is 5.24. The van der Waals surface area contributed by atoms with Crippen molar-refractivity contribution in [3.8, 4) is 5.75 Å². The van der Waals surface area contributed by atoms with Crippen LogP contribution in [0, 0.1) is 0 Å². The molecule has 1 aliphatic heterocycles. The first-order valence-electron chi connectivity index (χ1n) is 9.22. The first kappa shape index (κ1) is 22.1. The number of carbonyl (C=O) groups is 2. The number of likely N-dealkylation sites (N-methyl/N-ethyl adjacent to an activating group) is 1. The Kier molecular flexibility index (Phi) is 6.64. The highest BCUT2D eigenvalue weighted by Gasteiger charge is 2.28. The number of amides is 2. The van der Waals surface area contributed by atoms with Crippen molar-refractivity contribution in [1.29, 1.82) is 0 Å². The maximum absolute atomic E-state index is 12.9. The van der Waals surface area contributed by atoms with Crippen molar-refractivity contribution >= 4 is 39.1 Å². The number of benzene rings is 2. The van der Waals surface area contributed by atoms with E-state index in [2.05, 4.69) is 10.6 Å². The van der Waals surface area contributed by atoms with E-state index in [0.29, 0.717) is 12.2 Å². The Hall–Kier alpha value is -2.62. The lowest BCUT2D eigenvalue weighted by atomic mass is 10.0. The van der Waals surface area contributed by atoms with Gasteiger partial charge in [-0.1, -0.05) is 48.9 Å². The molecule has 2 aromatic carbocycles. The molecule has 1 atom stereocenters. The van der Waals surface area contributed by atoms with E-state index >= 15 is 0 Å². The molecule has 2 N–H and O–H groups in total. The SMILES string of the molecule is C[C@H](CNC(=O)CN(C)S(=O)(=O)c1cc2c(cc1Cl)NC(=O)CO2)c1ccccc1. The number of hydrogen-bond donors (Lipinski definition) is 2. The molecule has 0 saturated heterocycles. The molecule has 30 heavy (non-hydrogen) atoms. The molecule has 2 aromatic rings. The molecule has 2 amide bonds. The molecule has 3 rings (SSSR count). The molecule has 160 valence electrons. The Bertz CT molecular complexity index is 1060. The van der Waals surface area contributed by atoms with Crippen LogP contribution < -0.4 is 15.4 Å². The number of hydrogen-bond acceptors (Lipinski definition) is 5. The van der Waals surface area contributed by atoms with Gasteiger partial charge in [0.25, 0.3) is 5.91 Å². The third kappa shape index (κ3) is 4.92. The van der Waals surface area contributed by atoms with Gasteiger partial charge in [-0.05, 0) is 17.5 Å². The molecule has 0 saturated carbocycles. The van der Waals surface area contributed by atoms with Crippen LogP contribution in [0.5, 0.6) is 5.75 Å². The van der Waals surface area contributed by atoms with Gasteiger partial charge in [0, 0.05) is 19.7 Å². The molecule has 1 heterocycles. The number of anilines is 1. The second-order valence-corrected chi connectivity index (χ2v) is 9.41. The molecule has 0 fully saturated rings. The van der Waals surface area contributed by atoms with Gasteiger partial charge in [-0.15, -0.1) is 0 Å². The van der Waals surface area contributed by atoms with Crippen molar-refractivity contribution in [3.05, 3.63) is 53.1 Å². The molecule has 0 bridgehead atoms. The summed E-state index contributed by atoms with van der Waals surface area (Å²) in [6, 6.07) is 12.3. The van der Waals surface area contributed by atoms with Crippen LogP contribution in [0.1, 0.15) is 18.4 Å². The summed E-state index contributed by atoms with van der Waals surface area (Å²) in [6.45, 7) is 1.77. The zero-order valence-corrected chi connectivity index (χ0v) is 18.1. The number of ether oxygens (including phenoxy) is 1. The van der Waals surface area contributed by atoms with Gasteiger partial charge in [-0.2, -0.15) is 4.31 Å². The van der Waals surface area contributed by atoms with Crippen LogP contribution in [0.2, 0.25) is 5.02 Å². The number of rotatable bonds is 7. The topological polar surface area (TPSA) is 105 Å². The standard InChI is InChI=1S/C20H22ClN3O5S/c1-13(14-6-4-3-5-7-14)10-22-19(25)11-24(2)30(27,28)18-9-17-16(8-15(18)21)23-20(26)12-29-17/h3-9,13H,10-12H2,1-2H3,(H,22,25)(H,23,26)/t13-/m1/s1. The molecule has 0 unspecified atom stereocenters. The molecule has 0 aliphatic carbocycles. The van der Waals surface area contributed by atoms with Crippen LogP contribution >= 0.6 is 11.6 Å². The Morgan fingerprint density at radius 2 is 2.00 bits per heavy atom. The Morgan fingerprint density at radius 3 is 2.70 bits per heavy atom. The van der Waals surface area contributed by atoms with E-state index < -0.39 is 15.9 Å². The van der Waals surface area contributed by atoms with E-state index in [4.69, 9.17) is 16.3 Å². The van der Waals surface area contributed by atoms with Crippen molar-refractivity contribution in [2.75, 3.05) is 32.1 Å². The van der Waals surface area contributed by atoms with Crippen LogP contribution in [-0.2, 0) is 19.6 Å². The third-order valence-electron chi connectivity index (χ3n) is 4.70. The highest BCUT2D eigenvalue weighted by atomic mass is 35.5. The predicted octanol–water partition coefficient (Wildman–Crippen LogP) is 2.21. The van der Waals surface area contributed by atoms with Gasteiger partial charge >= 0.3 is 0 Å². The van der Waals surface area contributed by atoms with E-state index in [1.807, 2.05) is 37.3 Å². The number of nitrogens with zero attached hydrogens (tertiary/aromatic N) is 1. The van der Waals surface area contributed by atoms with E-state index in [1.54, 1.807) is 0 Å². The summed E-state index contributed by atoms with van der Waals surface area (Å²) < 4.78 is 32.0. The van der Waals surface area contributed by atoms with Gasteiger partial charge in [0.15, 0.2) is 6.61 Å². The van der Waals surface area contributed by atoms with Crippen molar-refractivity contribution < 1.29 is 22.7 Å². The summed E-state index contributed by atoms with van der Waals surface area (Å²) in [6.07, 6.45) is 0. The Balaban J connectivity index is 1.66. The zero-order chi connectivity index (χ0) is 21.9. The van der Waals surface area contributed by atoms with Crippen LogP contribution in [0.15, 0.2) is 47.4 Å². The fourth-order valence-corrected chi connectivity index (χ4v) is 4.60. The molecule has 10 heteroatoms. The average Bonchev–Trinajstić information content (AvgIpc) is 2.71. The van der Waals surface area contributed by atoms with Gasteiger partial charge in [-0.25, -0.2) is 8.42 Å². The van der Waals surface area contributed by atoms with Crippen LogP contribution in [0.25, 0.3) is 0 Å². The largest absolute Gasteiger partial charge is 0.482 e. The van der Waals surface area contributed by atoms with Crippen LogP contribution in [0.3, 0.4) is 0 Å². The van der Waals surface area contributed by atoms with Crippen LogP contribution in [-0.4, -0.2) is 51.3 Å². The molecule has 8 nitrogen and oxygen atoms in total. The molecule has 0 radical (unpaired) electrons. The molecule has 0 spiro atoms. The average molecular weight is 452 g/mol. The zero-order valence-electron chi connectivity index (χ0n) is 16.5. The van der Waals surface area contributed by atoms with Crippen molar-refractivity contribution in [2.24, 2.45) is 0 Å². The maximum Gasteiger partial charge on any atom is 0.262 e. The van der Waals surface area contributed by atoms with Crippen LogP contribution in [0.4, 0.5) is 5.69 Å². The fraction of sp³-hybridized carbons (Fsp3) is 0.300. The minimum atomic E-state index is -4.05. The van der Waals surface area contributed by atoms with Gasteiger partial charge in [0.1, 0.15) is 10.6 Å². The molecule has 0 aromatic heterocycles. The van der Waals surface area contributed by atoms with Crippen molar-refractivity contribution in [1.82, 2.24) is 9.62 Å². The maximum atomic E-state index is 12.9. The number of halogens is 1. The summed E-state index contributed by atoms with van der Waals surface area (Å²) >= 11 is 6.13. The molecule has 1 aliphatic rings. The lowest BCUT2D eigenvalue weighted by Gasteiger charge is -2.22. The lowest BCUT2D eigenvalue weighted by molar-refractivity contribution is -0.121. The highest BCUT2D eigenvalue weighted by Crippen LogP contribution is 2.36. The van der Waals surface area contributed by atoms with Crippen molar-refractivity contribution in [2.45, 2.75) is 17.7 Å². The second kappa shape index (κ2) is 9.03. The van der Waals surface area contributed by atoms with Crippen molar-refractivity contribution in [3.63, 3.8) is 0 Å². The molecular weight excluding hydrogens is 430 g/mol. The van der Waals surface area contributed by atoms with Gasteiger partial charge < -0.3 is 15.4 Å². The third-order valence-corrected chi connectivity index (χ3v) is 6.96. The minimum Gasteiger partial charge on any atom is -0.482 e. The van der Waals surface area contributed by atoms with E-state index in [9.17, 15) is 18.0 Å². The quantitative estimate of drug-likeness (QED) is 0.671. The lowest BCUT2D eigenvalue weighted by Crippen LogP contribution is -2.39. The highest BCUT2D eigenvalue weighted by molar-refractivity contribution is 7.89. The number of nitrogens with one attached hydrogen (secondary N) is 2. The van der Waals surface area contributed by atoms with E-state index in [-0.39, 0.29) is 40.6 Å². The summed E-state index contributed by atoms with van der Waals surface area (Å²) in [5.74, 6) is -0.499. The Labute approximate surface area is 180 Å². The van der Waals surface area contributed by atoms with Gasteiger partial charge in [-0.3, -0.25) is 9.59 Å². The first-order chi connectivity index (χ1) is 14.2. The number of fused-ring (bicyclic) bond motifs is 1. The summed E-state index contributed by atoms with van der Waals surface area (Å²) in [5.41, 5.74) is 1.37. The number of carbonyl (C=O) groups excluding carboxylic acids is 2. The normalized spacial score (nSPS) is 14.5. The summed E-state index contributed by atoms with van der Waals surface area (Å²) in [7, 11) is -2.76. The van der Waals surface area contributed by atoms with E-state index in [1.165, 1.54) is 19.2 Å². The summed E-state index contributed by atoms with van der Waals surface area (Å²) in [4.78, 5) is 23.5. The Morgan fingerprint density at radius 1 is 1.30 bits per heavy atom. The monoisotopic (exact) mass is 451 g/mol. The fourth-order valence-electron chi connectivity index (χ4n) is 2.96. The number of sulfonamides is 1. The van der Waals surface area contributed by atoms with Gasteiger partial charge in [0.05, 0.1) is 17.3 Å². The second-order valence-electron chi connectivity index (χ2n) is 6.99. The first-order valence-corrected chi connectivity index (χ1v) is 11.0. The minimum absolute atomic E-state index is 0.0792. The predicted molar refractivity (Wildman–Crippen MR) is 113 cm³/mol. The molecular formula is C20H22ClN3O5S. The van der Waals surface area contributed by atoms with E-state index in [0.717, 1.165) is 9.87 Å². The smallest absolute Gasteiger partial charge is 0.262 e. The van der Waals surface area contributed by atoms with Gasteiger partial charge in [0.2, 0.25) is 15.9 Å².